The van der Waals surface area contributed by atoms with Gasteiger partial charge in [-0.15, -0.1) is 0 Å². The summed E-state index contributed by atoms with van der Waals surface area (Å²) in [7, 11) is 0. The van der Waals surface area contributed by atoms with E-state index in [1.807, 2.05) is 36.4 Å². The first-order valence-electron chi connectivity index (χ1n) is 8.92. The minimum absolute atomic E-state index is 0.387. The van der Waals surface area contributed by atoms with Crippen LogP contribution in [0.25, 0.3) is 22.3 Å². The van der Waals surface area contributed by atoms with Gasteiger partial charge in [-0.2, -0.15) is 0 Å². The van der Waals surface area contributed by atoms with Crippen LogP contribution in [0.4, 0.5) is 0 Å². The molecule has 0 spiro atoms. The first kappa shape index (κ1) is 17.2. The highest BCUT2D eigenvalue weighted by Crippen LogP contribution is 2.37. The summed E-state index contributed by atoms with van der Waals surface area (Å²) in [5.74, 6) is 0.387. The van der Waals surface area contributed by atoms with Crippen LogP contribution in [-0.4, -0.2) is 23.1 Å². The second-order valence-electron chi connectivity index (χ2n) is 6.22. The topological polar surface area (TPSA) is 23.5 Å². The molecular formula is C23H25NO. The summed E-state index contributed by atoms with van der Waals surface area (Å²) in [4.78, 5) is 2.32. The zero-order chi connectivity index (χ0) is 17.6. The lowest BCUT2D eigenvalue weighted by Gasteiger charge is -2.21. The smallest absolute Gasteiger partial charge is 0.127 e. The number of nitrogens with zero attached hydrogens (tertiary/aromatic N) is 1. The van der Waals surface area contributed by atoms with E-state index in [1.54, 1.807) is 0 Å². The van der Waals surface area contributed by atoms with E-state index in [1.165, 1.54) is 5.56 Å². The van der Waals surface area contributed by atoms with Crippen molar-refractivity contribution in [3.63, 3.8) is 0 Å². The highest BCUT2D eigenvalue weighted by Gasteiger charge is 2.14. The van der Waals surface area contributed by atoms with E-state index < -0.39 is 0 Å². The average molecular weight is 331 g/mol. The molecule has 0 radical (unpaired) electrons. The van der Waals surface area contributed by atoms with Crippen molar-refractivity contribution < 1.29 is 5.11 Å². The van der Waals surface area contributed by atoms with Crippen molar-refractivity contribution in [3.05, 3.63) is 78.4 Å². The first-order chi connectivity index (χ1) is 12.2. The van der Waals surface area contributed by atoms with Crippen molar-refractivity contribution in [1.29, 1.82) is 0 Å². The van der Waals surface area contributed by atoms with Crippen LogP contribution in [0.15, 0.2) is 72.8 Å². The second-order valence-corrected chi connectivity index (χ2v) is 6.22. The Labute approximate surface area is 150 Å². The van der Waals surface area contributed by atoms with Gasteiger partial charge in [-0.1, -0.05) is 74.5 Å². The molecule has 0 amide bonds. The van der Waals surface area contributed by atoms with Gasteiger partial charge in [0.2, 0.25) is 0 Å². The quantitative estimate of drug-likeness (QED) is 0.638. The van der Waals surface area contributed by atoms with Crippen LogP contribution in [0.3, 0.4) is 0 Å². The van der Waals surface area contributed by atoms with Gasteiger partial charge in [0.1, 0.15) is 5.75 Å². The van der Waals surface area contributed by atoms with E-state index in [4.69, 9.17) is 0 Å². The molecule has 3 aromatic rings. The van der Waals surface area contributed by atoms with Crippen molar-refractivity contribution in [2.24, 2.45) is 0 Å². The molecule has 1 N–H and O–H groups in total. The zero-order valence-electron chi connectivity index (χ0n) is 14.9. The largest absolute Gasteiger partial charge is 0.507 e. The van der Waals surface area contributed by atoms with Gasteiger partial charge in [0.05, 0.1) is 0 Å². The van der Waals surface area contributed by atoms with Gasteiger partial charge < -0.3 is 5.11 Å². The number of phenolic OH excluding ortho intramolecular Hbond substituents is 1. The predicted octanol–water partition coefficient (Wildman–Crippen LogP) is 5.57. The monoisotopic (exact) mass is 331 g/mol. The van der Waals surface area contributed by atoms with Gasteiger partial charge in [-0.25, -0.2) is 0 Å². The predicted molar refractivity (Wildman–Crippen MR) is 106 cm³/mol. The summed E-state index contributed by atoms with van der Waals surface area (Å²) >= 11 is 0. The summed E-state index contributed by atoms with van der Waals surface area (Å²) < 4.78 is 0. The molecule has 2 nitrogen and oxygen atoms in total. The van der Waals surface area contributed by atoms with Crippen LogP contribution in [0.5, 0.6) is 5.75 Å². The molecule has 0 unspecified atom stereocenters. The van der Waals surface area contributed by atoms with Crippen molar-refractivity contribution in [3.8, 4) is 28.0 Å². The summed E-state index contributed by atoms with van der Waals surface area (Å²) in [6.45, 7) is 6.98. The maximum absolute atomic E-state index is 10.9. The summed E-state index contributed by atoms with van der Waals surface area (Å²) in [5, 5.41) is 10.9. The van der Waals surface area contributed by atoms with Crippen molar-refractivity contribution >= 4 is 0 Å². The molecule has 0 fully saturated rings. The fourth-order valence-corrected chi connectivity index (χ4v) is 3.14. The second kappa shape index (κ2) is 8.00. The molecule has 2 heteroatoms. The van der Waals surface area contributed by atoms with E-state index in [2.05, 4.69) is 55.1 Å². The first-order valence-corrected chi connectivity index (χ1v) is 8.92. The minimum Gasteiger partial charge on any atom is -0.507 e. The highest BCUT2D eigenvalue weighted by molar-refractivity contribution is 5.79. The molecule has 3 rings (SSSR count). The van der Waals surface area contributed by atoms with E-state index >= 15 is 0 Å². The Bertz CT molecular complexity index is 808. The van der Waals surface area contributed by atoms with Crippen LogP contribution in [-0.2, 0) is 6.54 Å². The molecule has 128 valence electrons. The molecule has 0 heterocycles. The van der Waals surface area contributed by atoms with E-state index in [0.29, 0.717) is 5.75 Å². The van der Waals surface area contributed by atoms with Gasteiger partial charge >= 0.3 is 0 Å². The molecular weight excluding hydrogens is 306 g/mol. The van der Waals surface area contributed by atoms with Gasteiger partial charge in [0.15, 0.2) is 0 Å². The molecule has 3 aromatic carbocycles. The Kier molecular flexibility index (Phi) is 5.52. The van der Waals surface area contributed by atoms with E-state index in [0.717, 1.165) is 41.9 Å². The van der Waals surface area contributed by atoms with Gasteiger partial charge in [0, 0.05) is 17.7 Å². The molecule has 0 saturated carbocycles. The van der Waals surface area contributed by atoms with Crippen LogP contribution >= 0.6 is 0 Å². The third-order valence-corrected chi connectivity index (χ3v) is 4.67. The van der Waals surface area contributed by atoms with Crippen molar-refractivity contribution in [2.75, 3.05) is 13.1 Å². The number of rotatable bonds is 6. The van der Waals surface area contributed by atoms with Crippen LogP contribution in [0.2, 0.25) is 0 Å². The van der Waals surface area contributed by atoms with Gasteiger partial charge in [-0.05, 0) is 41.9 Å². The molecule has 0 atom stereocenters. The summed E-state index contributed by atoms with van der Waals surface area (Å²) in [6.07, 6.45) is 0. The maximum atomic E-state index is 10.9. The lowest BCUT2D eigenvalue weighted by molar-refractivity contribution is 0.291. The van der Waals surface area contributed by atoms with Crippen LogP contribution in [0, 0.1) is 0 Å². The Morgan fingerprint density at radius 3 is 1.84 bits per heavy atom. The third-order valence-electron chi connectivity index (χ3n) is 4.67. The van der Waals surface area contributed by atoms with Crippen molar-refractivity contribution in [1.82, 2.24) is 4.90 Å². The number of aromatic hydroxyl groups is 1. The Morgan fingerprint density at radius 1 is 0.720 bits per heavy atom. The van der Waals surface area contributed by atoms with E-state index in [9.17, 15) is 5.11 Å². The molecule has 0 aliphatic rings. The minimum atomic E-state index is 0.387. The van der Waals surface area contributed by atoms with E-state index in [-0.39, 0.29) is 0 Å². The summed E-state index contributed by atoms with van der Waals surface area (Å²) in [6, 6.07) is 24.7. The van der Waals surface area contributed by atoms with Crippen LogP contribution < -0.4 is 0 Å². The number of hydrogen-bond acceptors (Lipinski definition) is 2. The molecule has 0 aliphatic carbocycles. The highest BCUT2D eigenvalue weighted by atomic mass is 16.3. The van der Waals surface area contributed by atoms with Crippen LogP contribution in [0.1, 0.15) is 19.4 Å². The lowest BCUT2D eigenvalue weighted by Crippen LogP contribution is -2.22. The molecule has 0 bridgehead atoms. The average Bonchev–Trinajstić information content (AvgIpc) is 2.68. The fourth-order valence-electron chi connectivity index (χ4n) is 3.14. The fraction of sp³-hybridized carbons (Fsp3) is 0.217. The normalized spacial score (nSPS) is 11.0. The zero-order valence-corrected chi connectivity index (χ0v) is 14.9. The Hall–Kier alpha value is -2.58. The van der Waals surface area contributed by atoms with Crippen molar-refractivity contribution in [2.45, 2.75) is 20.4 Å². The number of benzene rings is 3. The molecule has 0 aromatic heterocycles. The Morgan fingerprint density at radius 2 is 1.28 bits per heavy atom. The standard InChI is InChI=1S/C23H25NO/c1-3-24(4-2)17-21-15-20(18-11-7-5-8-12-18)16-22(23(21)25)19-13-9-6-10-14-19/h5-16,25H,3-4,17H2,1-2H3. The SMILES string of the molecule is CCN(CC)Cc1cc(-c2ccccc2)cc(-c2ccccc2)c1O. The molecule has 0 saturated heterocycles. The molecule has 25 heavy (non-hydrogen) atoms. The van der Waals surface area contributed by atoms with Gasteiger partial charge in [-0.3, -0.25) is 4.90 Å². The number of hydrogen-bond donors (Lipinski definition) is 1. The van der Waals surface area contributed by atoms with Gasteiger partial charge in [0.25, 0.3) is 0 Å². The lowest BCUT2D eigenvalue weighted by atomic mass is 9.94. The third kappa shape index (κ3) is 3.92. The maximum Gasteiger partial charge on any atom is 0.127 e. The summed E-state index contributed by atoms with van der Waals surface area (Å²) in [5.41, 5.74) is 5.21. The Balaban J connectivity index is 2.14. The number of phenols is 1. The molecule has 0 aliphatic heterocycles.